The molecule has 110 valence electrons. The maximum Gasteiger partial charge on any atom is 0.400 e. The van der Waals surface area contributed by atoms with Crippen molar-refractivity contribution in [2.24, 2.45) is 0 Å². The lowest BCUT2D eigenvalue weighted by Gasteiger charge is -2.42. The first-order valence-corrected chi connectivity index (χ1v) is 7.26. The molecule has 0 saturated carbocycles. The van der Waals surface area contributed by atoms with Gasteiger partial charge in [-0.3, -0.25) is 0 Å². The summed E-state index contributed by atoms with van der Waals surface area (Å²) in [6.45, 7) is 3.35. The second kappa shape index (κ2) is 4.35. The number of methoxy groups -OCH3 is 1. The first-order chi connectivity index (χ1) is 8.81. The summed E-state index contributed by atoms with van der Waals surface area (Å²) >= 11 is 0. The van der Waals surface area contributed by atoms with Gasteiger partial charge < -0.3 is 18.9 Å². The van der Waals surface area contributed by atoms with Crippen LogP contribution in [0.25, 0.3) is 0 Å². The number of hydrogen-bond donors (Lipinski definition) is 0. The summed E-state index contributed by atoms with van der Waals surface area (Å²) in [7, 11) is -2.53. The zero-order chi connectivity index (χ0) is 13.8. The fourth-order valence-electron chi connectivity index (χ4n) is 2.58. The summed E-state index contributed by atoms with van der Waals surface area (Å²) in [5, 5.41) is 0. The quantitative estimate of drug-likeness (QED) is 0.642. The van der Waals surface area contributed by atoms with Crippen LogP contribution in [0.1, 0.15) is 13.8 Å². The fraction of sp³-hybridized carbons (Fsp3) is 1.00. The van der Waals surface area contributed by atoms with Crippen molar-refractivity contribution in [2.45, 2.75) is 50.3 Å². The van der Waals surface area contributed by atoms with Crippen molar-refractivity contribution in [3.8, 4) is 0 Å². The first kappa shape index (κ1) is 13.7. The molecule has 19 heavy (non-hydrogen) atoms. The minimum atomic E-state index is -4.01. The standard InChI is InChI=1S/C10H16O8S/c1-10(2)16-7-6-5(4-14-19(11,12)18-6)15-9(13-3)8(7)17-10/h5-9H,4H2,1-3H3/t5-,6-,7?,8-,9+/m1/s1. The van der Waals surface area contributed by atoms with Crippen LogP contribution in [0.4, 0.5) is 0 Å². The molecular formula is C10H16O8S. The molecule has 3 rings (SSSR count). The van der Waals surface area contributed by atoms with Gasteiger partial charge in [0.25, 0.3) is 0 Å². The molecule has 0 aromatic rings. The van der Waals surface area contributed by atoms with Gasteiger partial charge in [0.05, 0.1) is 6.61 Å². The second-order valence-corrected chi connectivity index (χ2v) is 6.34. The lowest BCUT2D eigenvalue weighted by Crippen LogP contribution is -2.61. The molecule has 0 aliphatic carbocycles. The normalized spacial score (nSPS) is 47.4. The lowest BCUT2D eigenvalue weighted by molar-refractivity contribution is -0.273. The zero-order valence-electron chi connectivity index (χ0n) is 10.8. The molecule has 0 N–H and O–H groups in total. The van der Waals surface area contributed by atoms with E-state index in [0.29, 0.717) is 0 Å². The van der Waals surface area contributed by atoms with E-state index in [1.54, 1.807) is 13.8 Å². The monoisotopic (exact) mass is 296 g/mol. The van der Waals surface area contributed by atoms with Gasteiger partial charge in [0.15, 0.2) is 12.1 Å². The minimum absolute atomic E-state index is 0.125. The summed E-state index contributed by atoms with van der Waals surface area (Å²) in [5.74, 6) is -0.851. The average molecular weight is 296 g/mol. The van der Waals surface area contributed by atoms with E-state index in [0.717, 1.165) is 0 Å². The van der Waals surface area contributed by atoms with Gasteiger partial charge in [-0.15, -0.1) is 0 Å². The lowest BCUT2D eigenvalue weighted by atomic mass is 9.99. The van der Waals surface area contributed by atoms with E-state index < -0.39 is 46.9 Å². The molecule has 0 aromatic carbocycles. The van der Waals surface area contributed by atoms with E-state index in [-0.39, 0.29) is 6.61 Å². The SMILES string of the molecule is CO[C@H]1O[C@@H]2COS(=O)(=O)O[C@H]2C2OC(C)(C)O[C@H]21. The average Bonchev–Trinajstić information content (AvgIpc) is 2.63. The Labute approximate surface area is 111 Å². The highest BCUT2D eigenvalue weighted by atomic mass is 32.3. The van der Waals surface area contributed by atoms with Crippen molar-refractivity contribution >= 4 is 10.4 Å². The van der Waals surface area contributed by atoms with Gasteiger partial charge in [-0.1, -0.05) is 0 Å². The molecule has 8 nitrogen and oxygen atoms in total. The maximum atomic E-state index is 11.4. The summed E-state index contributed by atoms with van der Waals surface area (Å²) in [4.78, 5) is 0. The predicted octanol–water partition coefficient (Wildman–Crippen LogP) is -0.462. The van der Waals surface area contributed by atoms with E-state index in [9.17, 15) is 8.42 Å². The first-order valence-electron chi connectivity index (χ1n) is 5.93. The van der Waals surface area contributed by atoms with Crippen LogP contribution < -0.4 is 0 Å². The predicted molar refractivity (Wildman–Crippen MR) is 59.2 cm³/mol. The van der Waals surface area contributed by atoms with Crippen LogP contribution >= 0.6 is 0 Å². The van der Waals surface area contributed by atoms with E-state index in [4.69, 9.17) is 23.1 Å². The largest absolute Gasteiger partial charge is 0.400 e. The van der Waals surface area contributed by atoms with Crippen LogP contribution in [-0.4, -0.2) is 58.6 Å². The number of ether oxygens (including phenoxy) is 4. The van der Waals surface area contributed by atoms with Crippen molar-refractivity contribution in [3.05, 3.63) is 0 Å². The van der Waals surface area contributed by atoms with Crippen molar-refractivity contribution < 1.29 is 35.7 Å². The topological polar surface area (TPSA) is 89.5 Å². The van der Waals surface area contributed by atoms with Crippen molar-refractivity contribution in [1.82, 2.24) is 0 Å². The molecule has 3 aliphatic rings. The highest BCUT2D eigenvalue weighted by Gasteiger charge is 2.58. The third-order valence-electron chi connectivity index (χ3n) is 3.27. The van der Waals surface area contributed by atoms with Gasteiger partial charge in [-0.25, -0.2) is 8.37 Å². The molecule has 0 bridgehead atoms. The van der Waals surface area contributed by atoms with Crippen LogP contribution in [0.2, 0.25) is 0 Å². The third-order valence-corrected chi connectivity index (χ3v) is 4.15. The molecule has 3 aliphatic heterocycles. The molecule has 0 aromatic heterocycles. The second-order valence-electron chi connectivity index (χ2n) is 5.10. The summed E-state index contributed by atoms with van der Waals surface area (Å²) in [5.41, 5.74) is 0. The molecule has 0 spiro atoms. The number of rotatable bonds is 1. The molecule has 3 heterocycles. The Morgan fingerprint density at radius 1 is 1.16 bits per heavy atom. The van der Waals surface area contributed by atoms with Crippen molar-refractivity contribution in [3.63, 3.8) is 0 Å². The molecular weight excluding hydrogens is 280 g/mol. The van der Waals surface area contributed by atoms with Crippen molar-refractivity contribution in [1.29, 1.82) is 0 Å². The minimum Gasteiger partial charge on any atom is -0.353 e. The van der Waals surface area contributed by atoms with E-state index in [1.807, 2.05) is 0 Å². The summed E-state index contributed by atoms with van der Waals surface area (Å²) < 4.78 is 54.5. The smallest absolute Gasteiger partial charge is 0.353 e. The molecule has 0 radical (unpaired) electrons. The van der Waals surface area contributed by atoms with E-state index >= 15 is 0 Å². The van der Waals surface area contributed by atoms with E-state index in [2.05, 4.69) is 4.18 Å². The van der Waals surface area contributed by atoms with Gasteiger partial charge >= 0.3 is 10.4 Å². The maximum absolute atomic E-state index is 11.4. The zero-order valence-corrected chi connectivity index (χ0v) is 11.6. The van der Waals surface area contributed by atoms with Crippen molar-refractivity contribution in [2.75, 3.05) is 13.7 Å². The third kappa shape index (κ3) is 2.40. The molecule has 5 atom stereocenters. The molecule has 9 heteroatoms. The Kier molecular flexibility index (Phi) is 3.13. The Hall–Kier alpha value is -0.290. The van der Waals surface area contributed by atoms with E-state index in [1.165, 1.54) is 7.11 Å². The van der Waals surface area contributed by atoms with Crippen LogP contribution in [-0.2, 0) is 37.7 Å². The summed E-state index contributed by atoms with van der Waals surface area (Å²) in [6, 6.07) is 0. The van der Waals surface area contributed by atoms with Gasteiger partial charge in [0.1, 0.15) is 24.4 Å². The Bertz CT molecular complexity index is 460. The number of fused-ring (bicyclic) bond motifs is 3. The molecule has 3 fully saturated rings. The Morgan fingerprint density at radius 3 is 2.53 bits per heavy atom. The molecule has 1 unspecified atom stereocenters. The van der Waals surface area contributed by atoms with Crippen LogP contribution in [0.15, 0.2) is 0 Å². The van der Waals surface area contributed by atoms with Gasteiger partial charge in [-0.2, -0.15) is 8.42 Å². The summed E-state index contributed by atoms with van der Waals surface area (Å²) in [6.07, 6.45) is -3.16. The fourth-order valence-corrected chi connectivity index (χ4v) is 3.44. The highest BCUT2D eigenvalue weighted by molar-refractivity contribution is 7.81. The van der Waals surface area contributed by atoms with Crippen LogP contribution in [0.3, 0.4) is 0 Å². The van der Waals surface area contributed by atoms with Gasteiger partial charge in [0.2, 0.25) is 0 Å². The Morgan fingerprint density at radius 2 is 1.84 bits per heavy atom. The molecule has 0 amide bonds. The highest BCUT2D eigenvalue weighted by Crippen LogP contribution is 2.40. The van der Waals surface area contributed by atoms with Crippen LogP contribution in [0.5, 0.6) is 0 Å². The van der Waals surface area contributed by atoms with Gasteiger partial charge in [-0.05, 0) is 13.8 Å². The van der Waals surface area contributed by atoms with Crippen LogP contribution in [0, 0.1) is 0 Å². The van der Waals surface area contributed by atoms with Gasteiger partial charge in [0, 0.05) is 7.11 Å². The Balaban J connectivity index is 1.89. The number of hydrogen-bond acceptors (Lipinski definition) is 8. The molecule has 3 saturated heterocycles.